The van der Waals surface area contributed by atoms with Crippen LogP contribution in [-0.2, 0) is 16.6 Å². The molecule has 0 spiro atoms. The summed E-state index contributed by atoms with van der Waals surface area (Å²) >= 11 is 0. The minimum atomic E-state index is -4.11. The number of hydrogen-bond acceptors (Lipinski definition) is 8. The monoisotopic (exact) mass is 458 g/mol. The number of rotatable bonds is 9. The number of sulfonamides is 1. The Balaban J connectivity index is 1.75. The fourth-order valence-corrected chi connectivity index (χ4v) is 4.66. The van der Waals surface area contributed by atoms with Crippen LogP contribution in [0.2, 0.25) is 0 Å². The molecule has 10 nitrogen and oxygen atoms in total. The average Bonchev–Trinajstić information content (AvgIpc) is 3.43. The van der Waals surface area contributed by atoms with Crippen LogP contribution < -0.4 is 18.9 Å². The average molecular weight is 458 g/mol. The second kappa shape index (κ2) is 8.79. The second-order valence-corrected chi connectivity index (χ2v) is 8.34. The van der Waals surface area contributed by atoms with Gasteiger partial charge in [-0.1, -0.05) is 11.2 Å². The van der Waals surface area contributed by atoms with Gasteiger partial charge in [0, 0.05) is 18.0 Å². The second-order valence-electron chi connectivity index (χ2n) is 6.72. The molecule has 0 saturated heterocycles. The molecule has 32 heavy (non-hydrogen) atoms. The SMILES string of the molecule is CCOc1cc2c(NS(=O)(=O)c3c(OC)cccc3OC)noc2cc1Cn1cccn1. The zero-order chi connectivity index (χ0) is 22.7. The largest absolute Gasteiger partial charge is 0.495 e. The lowest BCUT2D eigenvalue weighted by molar-refractivity contribution is 0.335. The van der Waals surface area contributed by atoms with Crippen LogP contribution in [0.3, 0.4) is 0 Å². The van der Waals surface area contributed by atoms with Crippen molar-refractivity contribution < 1.29 is 27.2 Å². The number of benzene rings is 2. The first-order valence-electron chi connectivity index (χ1n) is 9.73. The number of nitrogens with one attached hydrogen (secondary N) is 1. The highest BCUT2D eigenvalue weighted by Gasteiger charge is 2.27. The normalized spacial score (nSPS) is 11.5. The van der Waals surface area contributed by atoms with Crippen LogP contribution >= 0.6 is 0 Å². The molecule has 0 atom stereocenters. The van der Waals surface area contributed by atoms with Crippen LogP contribution in [0, 0.1) is 0 Å². The Labute approximate surface area is 184 Å². The van der Waals surface area contributed by atoms with Crippen molar-refractivity contribution in [1.82, 2.24) is 14.9 Å². The number of anilines is 1. The molecule has 0 aliphatic carbocycles. The summed E-state index contributed by atoms with van der Waals surface area (Å²) in [6.45, 7) is 2.76. The van der Waals surface area contributed by atoms with E-state index in [1.54, 1.807) is 29.1 Å². The minimum absolute atomic E-state index is 0.0274. The Kier molecular flexibility index (Phi) is 5.91. The molecule has 4 rings (SSSR count). The Morgan fingerprint density at radius 3 is 2.47 bits per heavy atom. The number of nitrogens with zero attached hydrogens (tertiary/aromatic N) is 3. The van der Waals surface area contributed by atoms with Gasteiger partial charge in [-0.3, -0.25) is 9.40 Å². The third kappa shape index (κ3) is 4.06. The summed E-state index contributed by atoms with van der Waals surface area (Å²) in [4.78, 5) is -0.138. The summed E-state index contributed by atoms with van der Waals surface area (Å²) < 4.78 is 52.3. The van der Waals surface area contributed by atoms with Gasteiger partial charge in [0.15, 0.2) is 16.3 Å². The van der Waals surface area contributed by atoms with E-state index >= 15 is 0 Å². The number of hydrogen-bond donors (Lipinski definition) is 1. The van der Waals surface area contributed by atoms with Crippen LogP contribution in [0.1, 0.15) is 12.5 Å². The Hall–Kier alpha value is -3.73. The fourth-order valence-electron chi connectivity index (χ4n) is 3.32. The molecule has 2 aromatic heterocycles. The van der Waals surface area contributed by atoms with E-state index in [9.17, 15) is 8.42 Å². The molecule has 0 saturated carbocycles. The quantitative estimate of drug-likeness (QED) is 0.406. The summed E-state index contributed by atoms with van der Waals surface area (Å²) in [5.74, 6) is 0.885. The van der Waals surface area contributed by atoms with Crippen molar-refractivity contribution >= 4 is 26.8 Å². The molecule has 2 heterocycles. The Morgan fingerprint density at radius 1 is 1.09 bits per heavy atom. The Bertz CT molecular complexity index is 1310. The van der Waals surface area contributed by atoms with E-state index in [4.69, 9.17) is 18.7 Å². The lowest BCUT2D eigenvalue weighted by Gasteiger charge is -2.14. The number of fused-ring (bicyclic) bond motifs is 1. The first kappa shape index (κ1) is 21.5. The first-order chi connectivity index (χ1) is 15.5. The minimum Gasteiger partial charge on any atom is -0.495 e. The van der Waals surface area contributed by atoms with Crippen molar-refractivity contribution in [2.24, 2.45) is 0 Å². The molecule has 0 aliphatic rings. The van der Waals surface area contributed by atoms with Gasteiger partial charge in [-0.05, 0) is 37.3 Å². The molecule has 0 fully saturated rings. The molecule has 11 heteroatoms. The van der Waals surface area contributed by atoms with Crippen LogP contribution in [0.4, 0.5) is 5.82 Å². The van der Waals surface area contributed by atoms with Gasteiger partial charge in [-0.25, -0.2) is 8.42 Å². The predicted molar refractivity (Wildman–Crippen MR) is 117 cm³/mol. The van der Waals surface area contributed by atoms with Gasteiger partial charge in [0.25, 0.3) is 10.0 Å². The summed E-state index contributed by atoms with van der Waals surface area (Å²) in [5.41, 5.74) is 1.22. The Morgan fingerprint density at radius 2 is 1.84 bits per heavy atom. The lowest BCUT2D eigenvalue weighted by atomic mass is 10.1. The molecular formula is C21H22N4O6S. The van der Waals surface area contributed by atoms with Gasteiger partial charge in [0.05, 0.1) is 32.8 Å². The maximum absolute atomic E-state index is 13.2. The van der Waals surface area contributed by atoms with Crippen LogP contribution in [0.15, 0.2) is 58.2 Å². The molecular weight excluding hydrogens is 436 g/mol. The highest BCUT2D eigenvalue weighted by Crippen LogP contribution is 2.36. The summed E-state index contributed by atoms with van der Waals surface area (Å²) in [7, 11) is -1.35. The van der Waals surface area contributed by atoms with Gasteiger partial charge in [-0.15, -0.1) is 0 Å². The predicted octanol–water partition coefficient (Wildman–Crippen LogP) is 3.29. The van der Waals surface area contributed by atoms with E-state index in [-0.39, 0.29) is 22.2 Å². The standard InChI is InChI=1S/C21H22N4O6S/c1-4-30-18-12-15-19(11-14(18)13-25-10-6-9-22-25)31-23-21(15)24-32(26,27)20-16(28-2)7-5-8-17(20)29-3/h5-12H,4,13H2,1-3H3,(H,23,24). The van der Waals surface area contributed by atoms with Gasteiger partial charge in [0.1, 0.15) is 17.2 Å². The maximum Gasteiger partial charge on any atom is 0.270 e. The number of methoxy groups -OCH3 is 2. The lowest BCUT2D eigenvalue weighted by Crippen LogP contribution is -2.15. The van der Waals surface area contributed by atoms with E-state index in [0.29, 0.717) is 29.9 Å². The zero-order valence-electron chi connectivity index (χ0n) is 17.7. The third-order valence-corrected chi connectivity index (χ3v) is 6.13. The number of aromatic nitrogens is 3. The van der Waals surface area contributed by atoms with Crippen molar-refractivity contribution in [2.75, 3.05) is 25.5 Å². The highest BCUT2D eigenvalue weighted by molar-refractivity contribution is 7.93. The molecule has 0 bridgehead atoms. The van der Waals surface area contributed by atoms with Gasteiger partial charge in [-0.2, -0.15) is 5.10 Å². The molecule has 0 unspecified atom stereocenters. The van der Waals surface area contributed by atoms with E-state index in [2.05, 4.69) is 15.0 Å². The fraction of sp³-hybridized carbons (Fsp3) is 0.238. The molecule has 0 amide bonds. The molecule has 0 aliphatic heterocycles. The highest BCUT2D eigenvalue weighted by atomic mass is 32.2. The summed E-state index contributed by atoms with van der Waals surface area (Å²) in [6, 6.07) is 9.99. The first-order valence-corrected chi connectivity index (χ1v) is 11.2. The molecule has 0 radical (unpaired) electrons. The van der Waals surface area contributed by atoms with Crippen molar-refractivity contribution in [2.45, 2.75) is 18.4 Å². The number of ether oxygens (including phenoxy) is 3. The molecule has 168 valence electrons. The van der Waals surface area contributed by atoms with Gasteiger partial charge >= 0.3 is 0 Å². The maximum atomic E-state index is 13.2. The van der Waals surface area contributed by atoms with Crippen molar-refractivity contribution in [3.63, 3.8) is 0 Å². The van der Waals surface area contributed by atoms with Crippen molar-refractivity contribution in [3.05, 3.63) is 54.4 Å². The van der Waals surface area contributed by atoms with Crippen molar-refractivity contribution in [1.29, 1.82) is 0 Å². The van der Waals surface area contributed by atoms with E-state index in [1.807, 2.05) is 19.2 Å². The smallest absolute Gasteiger partial charge is 0.270 e. The van der Waals surface area contributed by atoms with E-state index < -0.39 is 10.0 Å². The zero-order valence-corrected chi connectivity index (χ0v) is 18.5. The molecule has 1 N–H and O–H groups in total. The van der Waals surface area contributed by atoms with E-state index in [1.165, 1.54) is 26.4 Å². The van der Waals surface area contributed by atoms with Gasteiger partial charge < -0.3 is 18.7 Å². The molecule has 4 aromatic rings. The van der Waals surface area contributed by atoms with Crippen molar-refractivity contribution in [3.8, 4) is 17.2 Å². The van der Waals surface area contributed by atoms with E-state index in [0.717, 1.165) is 5.56 Å². The van der Waals surface area contributed by atoms with Crippen LogP contribution in [-0.4, -0.2) is 44.2 Å². The topological polar surface area (TPSA) is 118 Å². The molecule has 2 aromatic carbocycles. The van der Waals surface area contributed by atoms with Crippen LogP contribution in [0.5, 0.6) is 17.2 Å². The summed E-state index contributed by atoms with van der Waals surface area (Å²) in [5, 5.41) is 8.60. The van der Waals surface area contributed by atoms with Gasteiger partial charge in [0.2, 0.25) is 0 Å². The van der Waals surface area contributed by atoms with Crippen LogP contribution in [0.25, 0.3) is 11.0 Å². The third-order valence-electron chi connectivity index (χ3n) is 4.73. The summed E-state index contributed by atoms with van der Waals surface area (Å²) in [6.07, 6.45) is 3.52.